The van der Waals surface area contributed by atoms with Crippen molar-refractivity contribution in [1.29, 1.82) is 0 Å². The van der Waals surface area contributed by atoms with Crippen LogP contribution in [0.1, 0.15) is 27.7 Å². The summed E-state index contributed by atoms with van der Waals surface area (Å²) in [4.78, 5) is 21.5. The van der Waals surface area contributed by atoms with E-state index in [0.717, 1.165) is 28.4 Å². The molecule has 0 aliphatic heterocycles. The quantitative estimate of drug-likeness (QED) is 0.288. The summed E-state index contributed by atoms with van der Waals surface area (Å²) in [5, 5.41) is 8.58. The van der Waals surface area contributed by atoms with Gasteiger partial charge in [-0.2, -0.15) is 0 Å². The number of methoxy groups -OCH3 is 1. The molecule has 0 spiro atoms. The first-order valence-corrected chi connectivity index (χ1v) is 9.13. The molecule has 154 valence electrons. The molecule has 0 rings (SSSR count). The number of hydrogen-bond acceptors (Lipinski definition) is 3. The zero-order chi connectivity index (χ0) is 22.1. The van der Waals surface area contributed by atoms with Crippen LogP contribution in [0.4, 0.5) is 0 Å². The molecule has 0 radical (unpaired) electrons. The van der Waals surface area contributed by atoms with Gasteiger partial charge in [-0.1, -0.05) is 95.2 Å². The number of ether oxygens (including phenoxy) is 1. The maximum atomic E-state index is 11.0. The first kappa shape index (κ1) is 25.6. The average Bonchev–Trinajstić information content (AvgIpc) is 2.67. The summed E-state index contributed by atoms with van der Waals surface area (Å²) >= 11 is 0. The van der Waals surface area contributed by atoms with Crippen LogP contribution < -0.4 is 0 Å². The number of carbonyl (C=O) groups is 2. The van der Waals surface area contributed by atoms with E-state index in [1.807, 2.05) is 88.5 Å². The van der Waals surface area contributed by atoms with E-state index >= 15 is 0 Å². The largest absolute Gasteiger partial charge is 0.478 e. The first-order chi connectivity index (χ1) is 13.7. The van der Waals surface area contributed by atoms with Crippen molar-refractivity contribution in [2.45, 2.75) is 27.7 Å². The molecule has 0 saturated carbocycles. The summed E-state index contributed by atoms with van der Waals surface area (Å²) in [5.41, 5.74) is 3.98. The molecule has 1 N–H and O–H groups in total. The van der Waals surface area contributed by atoms with Gasteiger partial charge in [0.1, 0.15) is 0 Å². The maximum Gasteiger partial charge on any atom is 0.330 e. The molecule has 0 aromatic carbocycles. The predicted octanol–water partition coefficient (Wildman–Crippen LogP) is 5.81. The van der Waals surface area contributed by atoms with Gasteiger partial charge in [-0.15, -0.1) is 0 Å². The second kappa shape index (κ2) is 15.6. The highest BCUT2D eigenvalue weighted by Crippen LogP contribution is 2.02. The molecule has 0 atom stereocenters. The van der Waals surface area contributed by atoms with Gasteiger partial charge in [-0.05, 0) is 27.7 Å². The van der Waals surface area contributed by atoms with E-state index in [-0.39, 0.29) is 5.97 Å². The van der Waals surface area contributed by atoms with Crippen LogP contribution in [0.3, 0.4) is 0 Å². The molecular weight excluding hydrogens is 364 g/mol. The molecule has 0 amide bonds. The molecule has 0 aromatic heterocycles. The van der Waals surface area contributed by atoms with Crippen LogP contribution in [0.5, 0.6) is 0 Å². The van der Waals surface area contributed by atoms with E-state index in [0.29, 0.717) is 0 Å². The molecule has 0 bridgehead atoms. The van der Waals surface area contributed by atoms with E-state index < -0.39 is 5.97 Å². The van der Waals surface area contributed by atoms with E-state index in [4.69, 9.17) is 5.11 Å². The van der Waals surface area contributed by atoms with Gasteiger partial charge < -0.3 is 9.84 Å². The zero-order valence-corrected chi connectivity index (χ0v) is 17.8. The Morgan fingerprint density at radius 1 is 0.586 bits per heavy atom. The molecule has 0 aromatic rings. The van der Waals surface area contributed by atoms with Gasteiger partial charge >= 0.3 is 11.9 Å². The van der Waals surface area contributed by atoms with Crippen LogP contribution in [0, 0.1) is 0 Å². The Balaban J connectivity index is 4.67. The lowest BCUT2D eigenvalue weighted by atomic mass is 10.2. The van der Waals surface area contributed by atoms with Gasteiger partial charge in [0.05, 0.1) is 7.11 Å². The minimum atomic E-state index is -0.956. The van der Waals surface area contributed by atoms with Crippen LogP contribution in [-0.2, 0) is 14.3 Å². The molecule has 0 saturated heterocycles. The first-order valence-electron chi connectivity index (χ1n) is 9.13. The van der Waals surface area contributed by atoms with Gasteiger partial charge in [0, 0.05) is 12.2 Å². The second-order valence-electron chi connectivity index (χ2n) is 6.27. The van der Waals surface area contributed by atoms with Crippen molar-refractivity contribution < 1.29 is 19.4 Å². The lowest BCUT2D eigenvalue weighted by Gasteiger charge is -1.91. The lowest BCUT2D eigenvalue weighted by Crippen LogP contribution is -1.93. The fourth-order valence-corrected chi connectivity index (χ4v) is 1.81. The van der Waals surface area contributed by atoms with E-state index in [1.54, 1.807) is 12.2 Å². The molecule has 0 aliphatic carbocycles. The molecule has 0 heterocycles. The number of aliphatic carboxylic acids is 1. The Morgan fingerprint density at radius 3 is 1.38 bits per heavy atom. The molecule has 0 unspecified atom stereocenters. The third-order valence-electron chi connectivity index (χ3n) is 3.44. The summed E-state index contributed by atoms with van der Waals surface area (Å²) < 4.78 is 4.54. The van der Waals surface area contributed by atoms with Crippen LogP contribution in [0.15, 0.2) is 107 Å². The predicted molar refractivity (Wildman–Crippen MR) is 120 cm³/mol. The van der Waals surface area contributed by atoms with Crippen LogP contribution in [0.25, 0.3) is 0 Å². The third-order valence-corrected chi connectivity index (χ3v) is 3.44. The van der Waals surface area contributed by atoms with Crippen molar-refractivity contribution in [3.63, 3.8) is 0 Å². The number of hydrogen-bond donors (Lipinski definition) is 1. The standard InChI is InChI=1S/C25H30O4/c1-20(12-8-14-22(3)16-18-24(26)27)10-6-7-11-21(2)13-9-15-23(4)17-19-25(28)29-5/h6-19H,1-5H3,(H,26,27)/b7-6+,12-8+,13-9+,18-16+,19-17+,20-10+,21-11+,22-14-,23-15+. The Labute approximate surface area is 174 Å². The zero-order valence-electron chi connectivity index (χ0n) is 17.8. The SMILES string of the molecule is COC(=O)/C=C/C(C)=C/C=C/C(C)=C/C=C/C=C(C)/C=C/C=C(C)\C=C\C(=O)O. The van der Waals surface area contributed by atoms with Gasteiger partial charge in [-0.3, -0.25) is 0 Å². The highest BCUT2D eigenvalue weighted by Gasteiger charge is 1.89. The summed E-state index contributed by atoms with van der Waals surface area (Å²) in [7, 11) is 1.35. The molecule has 4 heteroatoms. The van der Waals surface area contributed by atoms with Crippen molar-refractivity contribution >= 4 is 11.9 Å². The molecule has 0 fully saturated rings. The summed E-state index contributed by atoms with van der Waals surface area (Å²) in [6.45, 7) is 7.74. The van der Waals surface area contributed by atoms with Crippen molar-refractivity contribution in [2.75, 3.05) is 7.11 Å². The highest BCUT2D eigenvalue weighted by molar-refractivity contribution is 5.82. The van der Waals surface area contributed by atoms with Gasteiger partial charge in [0.2, 0.25) is 0 Å². The van der Waals surface area contributed by atoms with Crippen LogP contribution >= 0.6 is 0 Å². The number of allylic oxidation sites excluding steroid dienone is 16. The Kier molecular flexibility index (Phi) is 13.8. The molecule has 4 nitrogen and oxygen atoms in total. The Morgan fingerprint density at radius 2 is 0.966 bits per heavy atom. The van der Waals surface area contributed by atoms with Crippen molar-refractivity contribution in [1.82, 2.24) is 0 Å². The fourth-order valence-electron chi connectivity index (χ4n) is 1.81. The van der Waals surface area contributed by atoms with Crippen LogP contribution in [0.2, 0.25) is 0 Å². The van der Waals surface area contributed by atoms with E-state index in [9.17, 15) is 9.59 Å². The Bertz CT molecular complexity index is 823. The number of carbonyl (C=O) groups excluding carboxylic acids is 1. The minimum absolute atomic E-state index is 0.373. The Hall–Kier alpha value is -3.40. The molecule has 0 aliphatic rings. The number of esters is 1. The lowest BCUT2D eigenvalue weighted by molar-refractivity contribution is -0.135. The smallest absolute Gasteiger partial charge is 0.330 e. The topological polar surface area (TPSA) is 63.6 Å². The van der Waals surface area contributed by atoms with Gasteiger partial charge in [0.15, 0.2) is 0 Å². The van der Waals surface area contributed by atoms with E-state index in [1.165, 1.54) is 13.2 Å². The van der Waals surface area contributed by atoms with Gasteiger partial charge in [0.25, 0.3) is 0 Å². The van der Waals surface area contributed by atoms with Crippen molar-refractivity contribution in [3.8, 4) is 0 Å². The normalized spacial score (nSPS) is 14.9. The van der Waals surface area contributed by atoms with Crippen LogP contribution in [-0.4, -0.2) is 24.2 Å². The number of rotatable bonds is 10. The summed E-state index contributed by atoms with van der Waals surface area (Å²) in [6.07, 6.45) is 25.2. The minimum Gasteiger partial charge on any atom is -0.478 e. The van der Waals surface area contributed by atoms with Crippen molar-refractivity contribution in [3.05, 3.63) is 107 Å². The number of carboxylic acids is 1. The van der Waals surface area contributed by atoms with E-state index in [2.05, 4.69) is 4.74 Å². The van der Waals surface area contributed by atoms with Gasteiger partial charge in [-0.25, -0.2) is 9.59 Å². The highest BCUT2D eigenvalue weighted by atomic mass is 16.5. The third kappa shape index (κ3) is 16.5. The molecule has 29 heavy (non-hydrogen) atoms. The summed E-state index contributed by atoms with van der Waals surface area (Å²) in [6, 6.07) is 0. The maximum absolute atomic E-state index is 11.0. The average molecular weight is 395 g/mol. The van der Waals surface area contributed by atoms with Crippen molar-refractivity contribution in [2.24, 2.45) is 0 Å². The number of carboxylic acid groups (broad SMARTS) is 1. The monoisotopic (exact) mass is 394 g/mol. The molecular formula is C25H30O4. The second-order valence-corrected chi connectivity index (χ2v) is 6.27. The summed E-state index contributed by atoms with van der Waals surface area (Å²) in [5.74, 6) is -1.33. The fraction of sp³-hybridized carbons (Fsp3) is 0.200.